The number of allylic oxidation sites excluding steroid dienone is 5. The highest BCUT2D eigenvalue weighted by molar-refractivity contribution is 5.76. The van der Waals surface area contributed by atoms with E-state index in [1.54, 1.807) is 6.08 Å². The van der Waals surface area contributed by atoms with Crippen molar-refractivity contribution < 1.29 is 24.5 Å². The van der Waals surface area contributed by atoms with E-state index in [4.69, 9.17) is 4.74 Å². The van der Waals surface area contributed by atoms with Gasteiger partial charge in [0.1, 0.15) is 0 Å². The second-order valence-electron chi connectivity index (χ2n) is 22.4. The van der Waals surface area contributed by atoms with Crippen LogP contribution in [0.4, 0.5) is 0 Å². The van der Waals surface area contributed by atoms with Crippen molar-refractivity contribution in [2.24, 2.45) is 0 Å². The maximum atomic E-state index is 12.5. The number of hydrogen-bond donors (Lipinski definition) is 3. The molecule has 1 amide bonds. The van der Waals surface area contributed by atoms with E-state index in [0.717, 1.165) is 44.9 Å². The molecule has 6 heteroatoms. The van der Waals surface area contributed by atoms with Crippen molar-refractivity contribution in [3.05, 3.63) is 36.5 Å². The first-order valence-corrected chi connectivity index (χ1v) is 32.8. The summed E-state index contributed by atoms with van der Waals surface area (Å²) in [7, 11) is 0. The molecule has 0 saturated heterocycles. The molecule has 0 aromatic rings. The van der Waals surface area contributed by atoms with Crippen molar-refractivity contribution in [3.63, 3.8) is 0 Å². The molecule has 3 N–H and O–H groups in total. The van der Waals surface area contributed by atoms with E-state index < -0.39 is 12.1 Å². The molecular formula is C67H127NO5. The minimum absolute atomic E-state index is 0.00689. The van der Waals surface area contributed by atoms with Gasteiger partial charge < -0.3 is 20.3 Å². The van der Waals surface area contributed by atoms with Crippen LogP contribution in [0.3, 0.4) is 0 Å². The Morgan fingerprint density at radius 3 is 0.973 bits per heavy atom. The van der Waals surface area contributed by atoms with Crippen LogP contribution in [-0.4, -0.2) is 47.4 Å². The zero-order chi connectivity index (χ0) is 52.9. The molecule has 0 bridgehead atoms. The van der Waals surface area contributed by atoms with Gasteiger partial charge in [0.15, 0.2) is 0 Å². The van der Waals surface area contributed by atoms with Gasteiger partial charge in [-0.2, -0.15) is 0 Å². The molecule has 430 valence electrons. The highest BCUT2D eigenvalue weighted by Crippen LogP contribution is 2.17. The lowest BCUT2D eigenvalue weighted by molar-refractivity contribution is -0.143. The van der Waals surface area contributed by atoms with Crippen molar-refractivity contribution in [2.75, 3.05) is 13.2 Å². The van der Waals surface area contributed by atoms with Crippen LogP contribution in [0.2, 0.25) is 0 Å². The van der Waals surface area contributed by atoms with Gasteiger partial charge in [0.05, 0.1) is 25.4 Å². The maximum Gasteiger partial charge on any atom is 0.305 e. The summed E-state index contributed by atoms with van der Waals surface area (Å²) in [4.78, 5) is 24.5. The standard InChI is InChI=1S/C67H127NO5/c1-3-5-7-9-11-13-15-17-32-37-41-45-49-53-57-61-67(72)73-62-58-54-50-46-42-38-34-31-29-27-25-23-21-19-20-22-24-26-28-30-33-36-40-44-48-52-56-60-66(71)68-64(63-69)65(70)59-55-51-47-43-39-35-18-16-14-12-10-8-6-4-2/h17,19-20,32,55,59,64-65,69-70H,3-16,18,21-31,33-54,56-58,60-63H2,1-2H3,(H,68,71)/b20-19-,32-17-,59-55+. The SMILES string of the molecule is CCCCCCCC/C=C\CCCCCCCC(=O)OCCCCCCCCCCCCCC/C=C\CCCCCCCCCCCCCC(=O)NC(CO)C(O)/C=C/CCCCCCCCCCCCCC. The lowest BCUT2D eigenvalue weighted by Crippen LogP contribution is -2.45. The number of esters is 1. The zero-order valence-corrected chi connectivity index (χ0v) is 49.1. The van der Waals surface area contributed by atoms with Gasteiger partial charge in [0, 0.05) is 12.8 Å². The van der Waals surface area contributed by atoms with E-state index in [2.05, 4.69) is 43.5 Å². The Labute approximate surface area is 455 Å². The summed E-state index contributed by atoms with van der Waals surface area (Å²) in [6.45, 7) is 4.91. The number of aliphatic hydroxyl groups excluding tert-OH is 2. The topological polar surface area (TPSA) is 95.9 Å². The van der Waals surface area contributed by atoms with Gasteiger partial charge in [-0.1, -0.05) is 294 Å². The van der Waals surface area contributed by atoms with Crippen LogP contribution in [0.25, 0.3) is 0 Å². The van der Waals surface area contributed by atoms with Gasteiger partial charge in [-0.05, 0) is 83.5 Å². The van der Waals surface area contributed by atoms with E-state index in [0.29, 0.717) is 19.4 Å². The third-order valence-electron chi connectivity index (χ3n) is 15.1. The highest BCUT2D eigenvalue weighted by Gasteiger charge is 2.18. The summed E-state index contributed by atoms with van der Waals surface area (Å²) in [6.07, 6.45) is 79.2. The van der Waals surface area contributed by atoms with Crippen LogP contribution >= 0.6 is 0 Å². The molecular weight excluding hydrogens is 899 g/mol. The predicted molar refractivity (Wildman–Crippen MR) is 319 cm³/mol. The summed E-state index contributed by atoms with van der Waals surface area (Å²) in [6, 6.07) is -0.628. The Morgan fingerprint density at radius 2 is 0.644 bits per heavy atom. The average molecular weight is 1030 g/mol. The van der Waals surface area contributed by atoms with Gasteiger partial charge in [-0.25, -0.2) is 0 Å². The predicted octanol–water partition coefficient (Wildman–Crippen LogP) is 20.8. The van der Waals surface area contributed by atoms with E-state index in [1.165, 1.54) is 283 Å². The van der Waals surface area contributed by atoms with E-state index in [1.807, 2.05) is 6.08 Å². The van der Waals surface area contributed by atoms with Gasteiger partial charge in [0.2, 0.25) is 5.91 Å². The fourth-order valence-corrected chi connectivity index (χ4v) is 10.1. The Balaban J connectivity index is 3.39. The molecule has 73 heavy (non-hydrogen) atoms. The molecule has 0 spiro atoms. The number of carbonyl (C=O) groups excluding carboxylic acids is 2. The molecule has 0 aliphatic heterocycles. The van der Waals surface area contributed by atoms with Crippen LogP contribution in [-0.2, 0) is 14.3 Å². The number of amides is 1. The summed E-state index contributed by atoms with van der Waals surface area (Å²) >= 11 is 0. The number of aliphatic hydroxyl groups is 2. The second kappa shape index (κ2) is 62.6. The molecule has 0 aromatic heterocycles. The van der Waals surface area contributed by atoms with E-state index in [-0.39, 0.29) is 18.5 Å². The van der Waals surface area contributed by atoms with Gasteiger partial charge in [-0.15, -0.1) is 0 Å². The molecule has 0 aliphatic rings. The third-order valence-corrected chi connectivity index (χ3v) is 15.1. The Bertz CT molecular complexity index is 1180. The fraction of sp³-hybridized carbons (Fsp3) is 0.881. The summed E-state index contributed by atoms with van der Waals surface area (Å²) in [5.41, 5.74) is 0. The first-order valence-electron chi connectivity index (χ1n) is 32.8. The van der Waals surface area contributed by atoms with Crippen LogP contribution in [0.15, 0.2) is 36.5 Å². The molecule has 0 saturated carbocycles. The molecule has 6 nitrogen and oxygen atoms in total. The van der Waals surface area contributed by atoms with Crippen LogP contribution in [0, 0.1) is 0 Å². The lowest BCUT2D eigenvalue weighted by atomic mass is 10.0. The van der Waals surface area contributed by atoms with Crippen LogP contribution in [0.5, 0.6) is 0 Å². The van der Waals surface area contributed by atoms with Gasteiger partial charge in [-0.3, -0.25) is 9.59 Å². The van der Waals surface area contributed by atoms with Gasteiger partial charge in [0.25, 0.3) is 0 Å². The smallest absolute Gasteiger partial charge is 0.305 e. The average Bonchev–Trinajstić information content (AvgIpc) is 3.39. The number of carbonyl (C=O) groups is 2. The van der Waals surface area contributed by atoms with Gasteiger partial charge >= 0.3 is 5.97 Å². The monoisotopic (exact) mass is 1030 g/mol. The molecule has 0 radical (unpaired) electrons. The molecule has 0 fully saturated rings. The molecule has 0 rings (SSSR count). The Hall–Kier alpha value is -1.92. The van der Waals surface area contributed by atoms with Crippen molar-refractivity contribution in [1.29, 1.82) is 0 Å². The largest absolute Gasteiger partial charge is 0.466 e. The fourth-order valence-electron chi connectivity index (χ4n) is 10.1. The van der Waals surface area contributed by atoms with Crippen molar-refractivity contribution >= 4 is 11.9 Å². The van der Waals surface area contributed by atoms with Crippen molar-refractivity contribution in [3.8, 4) is 0 Å². The first-order chi connectivity index (χ1) is 36.0. The quantitative estimate of drug-likeness (QED) is 0.0320. The Kier molecular flexibility index (Phi) is 61.0. The van der Waals surface area contributed by atoms with E-state index >= 15 is 0 Å². The lowest BCUT2D eigenvalue weighted by Gasteiger charge is -2.20. The summed E-state index contributed by atoms with van der Waals surface area (Å²) in [5.74, 6) is -0.0609. The first kappa shape index (κ1) is 71.1. The van der Waals surface area contributed by atoms with E-state index in [9.17, 15) is 19.8 Å². The second-order valence-corrected chi connectivity index (χ2v) is 22.4. The molecule has 2 atom stereocenters. The molecule has 2 unspecified atom stereocenters. The van der Waals surface area contributed by atoms with Crippen LogP contribution < -0.4 is 5.32 Å². The van der Waals surface area contributed by atoms with Crippen molar-refractivity contribution in [1.82, 2.24) is 5.32 Å². The minimum Gasteiger partial charge on any atom is -0.466 e. The maximum absolute atomic E-state index is 12.5. The summed E-state index contributed by atoms with van der Waals surface area (Å²) < 4.78 is 5.49. The molecule has 0 aliphatic carbocycles. The number of ether oxygens (including phenoxy) is 1. The Morgan fingerprint density at radius 1 is 0.370 bits per heavy atom. The highest BCUT2D eigenvalue weighted by atomic mass is 16.5. The number of nitrogens with one attached hydrogen (secondary N) is 1. The number of hydrogen-bond acceptors (Lipinski definition) is 5. The normalized spacial score (nSPS) is 12.8. The number of unbranched alkanes of at least 4 members (excludes halogenated alkanes) is 46. The van der Waals surface area contributed by atoms with Crippen LogP contribution in [0.1, 0.15) is 354 Å². The third kappa shape index (κ3) is 59.2. The number of rotatable bonds is 61. The summed E-state index contributed by atoms with van der Waals surface area (Å²) in [5, 5.41) is 23.1. The zero-order valence-electron chi connectivity index (χ0n) is 49.1. The minimum atomic E-state index is -0.844. The van der Waals surface area contributed by atoms with Crippen molar-refractivity contribution in [2.45, 2.75) is 366 Å². The molecule has 0 aromatic carbocycles. The molecule has 0 heterocycles.